The third-order valence-electron chi connectivity index (χ3n) is 7.03. The van der Waals surface area contributed by atoms with E-state index < -0.39 is 11.9 Å². The van der Waals surface area contributed by atoms with Crippen molar-refractivity contribution in [3.8, 4) is 17.2 Å². The highest BCUT2D eigenvalue weighted by molar-refractivity contribution is 7.99. The van der Waals surface area contributed by atoms with E-state index >= 15 is 0 Å². The normalized spacial score (nSPS) is 14.3. The summed E-state index contributed by atoms with van der Waals surface area (Å²) in [5.41, 5.74) is 2.18. The van der Waals surface area contributed by atoms with Gasteiger partial charge in [-0.15, -0.1) is 32.9 Å². The van der Waals surface area contributed by atoms with E-state index in [4.69, 9.17) is 14.6 Å². The van der Waals surface area contributed by atoms with Crippen LogP contribution in [-0.2, 0) is 11.3 Å². The number of halogens is 1. The maximum Gasteiger partial charge on any atom is 0.261 e. The molecule has 0 radical (unpaired) electrons. The highest BCUT2D eigenvalue weighted by Crippen LogP contribution is 2.42. The molecule has 4 heterocycles. The number of hydrogen-bond acceptors (Lipinski definition) is 10. The van der Waals surface area contributed by atoms with E-state index in [1.165, 1.54) is 40.2 Å². The topological polar surface area (TPSA) is 111 Å². The van der Waals surface area contributed by atoms with E-state index in [1.807, 2.05) is 41.1 Å². The maximum atomic E-state index is 13.9. The zero-order valence-electron chi connectivity index (χ0n) is 24.2. The summed E-state index contributed by atoms with van der Waals surface area (Å²) in [6.07, 6.45) is 0.500. The van der Waals surface area contributed by atoms with Crippen molar-refractivity contribution >= 4 is 52.0 Å². The Morgan fingerprint density at radius 2 is 1.80 bits per heavy atom. The summed E-state index contributed by atoms with van der Waals surface area (Å²) in [5.74, 6) is 0.648. The summed E-state index contributed by atoms with van der Waals surface area (Å²) >= 11 is 4.07. The van der Waals surface area contributed by atoms with Crippen molar-refractivity contribution in [2.24, 2.45) is 5.10 Å². The molecule has 6 rings (SSSR count). The minimum absolute atomic E-state index is 0.00904. The molecule has 14 heteroatoms. The zero-order valence-corrected chi connectivity index (χ0v) is 26.6. The average molecular weight is 663 g/mol. The van der Waals surface area contributed by atoms with E-state index in [0.29, 0.717) is 39.5 Å². The highest BCUT2D eigenvalue weighted by atomic mass is 32.2. The van der Waals surface area contributed by atoms with Gasteiger partial charge in [0.1, 0.15) is 5.82 Å². The van der Waals surface area contributed by atoms with Crippen LogP contribution in [0.3, 0.4) is 0 Å². The second-order valence-corrected chi connectivity index (χ2v) is 12.6. The van der Waals surface area contributed by atoms with Gasteiger partial charge in [-0.3, -0.25) is 14.2 Å². The number of nitrogens with one attached hydrogen (secondary N) is 1. The minimum Gasteiger partial charge on any atom is -0.493 e. The van der Waals surface area contributed by atoms with Gasteiger partial charge in [0.25, 0.3) is 11.8 Å². The number of ether oxygens (including phenoxy) is 2. The van der Waals surface area contributed by atoms with E-state index in [0.717, 1.165) is 16.2 Å². The Labute approximate surface area is 270 Å². The molecule has 2 amide bonds. The van der Waals surface area contributed by atoms with Crippen molar-refractivity contribution in [2.45, 2.75) is 24.2 Å². The Bertz CT molecular complexity index is 1820. The van der Waals surface area contributed by atoms with Crippen LogP contribution in [0, 0.1) is 5.82 Å². The molecule has 3 aromatic heterocycles. The molecule has 2 aromatic carbocycles. The number of hydrazone groups is 1. The van der Waals surface area contributed by atoms with Crippen LogP contribution in [0.1, 0.15) is 38.4 Å². The fourth-order valence-corrected chi connectivity index (χ4v) is 7.14. The van der Waals surface area contributed by atoms with Crippen molar-refractivity contribution in [1.29, 1.82) is 0 Å². The number of nitrogens with zero attached hydrogens (tertiary/aromatic N) is 5. The molecular formula is C31H27FN6O4S3. The first kappa shape index (κ1) is 30.5. The van der Waals surface area contributed by atoms with Crippen molar-refractivity contribution in [2.75, 3.05) is 20.0 Å². The molecule has 230 valence electrons. The van der Waals surface area contributed by atoms with E-state index in [9.17, 15) is 14.0 Å². The first-order valence-electron chi connectivity index (χ1n) is 13.8. The van der Waals surface area contributed by atoms with Crippen molar-refractivity contribution in [3.63, 3.8) is 0 Å². The molecule has 0 unspecified atom stereocenters. The molecule has 0 saturated carbocycles. The summed E-state index contributed by atoms with van der Waals surface area (Å²) in [6.45, 7) is 0.0773. The smallest absolute Gasteiger partial charge is 0.261 e. The molecule has 1 aliphatic rings. The zero-order chi connectivity index (χ0) is 31.3. The van der Waals surface area contributed by atoms with Crippen LogP contribution in [0.5, 0.6) is 11.5 Å². The predicted octanol–water partition coefficient (Wildman–Crippen LogP) is 5.95. The average Bonchev–Trinajstić information content (AvgIpc) is 3.89. The van der Waals surface area contributed by atoms with Crippen molar-refractivity contribution in [3.05, 3.63) is 104 Å². The van der Waals surface area contributed by atoms with Crippen LogP contribution in [0.4, 0.5) is 4.39 Å². The van der Waals surface area contributed by atoms with Crippen LogP contribution in [0.25, 0.3) is 5.69 Å². The standard InChI is InChI=1S/C31H27FN6O4S3/c1-41-24-7-3-6-21(29(24)42-2)23-16-22(25-8-4-14-43-25)36-38(23)28(39)18-45-31-35-34-27(17-33-30(40)26-9-5-15-44-26)37(31)20-12-10-19(32)11-13-20/h3-15,23H,16-18H2,1-2H3,(H,33,40)/t23-/m1/s1. The van der Waals surface area contributed by atoms with Crippen molar-refractivity contribution in [1.82, 2.24) is 25.1 Å². The number of thiophene rings is 2. The van der Waals surface area contributed by atoms with Crippen LogP contribution >= 0.6 is 34.4 Å². The van der Waals surface area contributed by atoms with Gasteiger partial charge in [-0.2, -0.15) is 5.10 Å². The lowest BCUT2D eigenvalue weighted by atomic mass is 9.99. The SMILES string of the molecule is COc1cccc([C@H]2CC(c3cccs3)=NN2C(=O)CSc2nnc(CNC(=O)c3cccs3)n2-c2ccc(F)cc2)c1OC. The molecule has 5 aromatic rings. The number of carbonyl (C=O) groups is 2. The summed E-state index contributed by atoms with van der Waals surface area (Å²) in [6, 6.07) is 18.5. The van der Waals surface area contributed by atoms with Crippen LogP contribution in [0.2, 0.25) is 0 Å². The molecule has 0 bridgehead atoms. The first-order valence-corrected chi connectivity index (χ1v) is 16.5. The van der Waals surface area contributed by atoms with Gasteiger partial charge in [0.2, 0.25) is 0 Å². The second kappa shape index (κ2) is 13.6. The molecule has 10 nitrogen and oxygen atoms in total. The van der Waals surface area contributed by atoms with Gasteiger partial charge in [0.15, 0.2) is 22.5 Å². The third kappa shape index (κ3) is 6.48. The number of methoxy groups -OCH3 is 2. The molecule has 45 heavy (non-hydrogen) atoms. The fraction of sp³-hybridized carbons (Fsp3) is 0.194. The summed E-state index contributed by atoms with van der Waals surface area (Å²) in [7, 11) is 3.14. The molecule has 1 N–H and O–H groups in total. The number of carbonyl (C=O) groups excluding carboxylic acids is 2. The second-order valence-electron chi connectivity index (χ2n) is 9.72. The number of benzene rings is 2. The van der Waals surface area contributed by atoms with Gasteiger partial charge in [-0.25, -0.2) is 9.40 Å². The molecule has 0 spiro atoms. The van der Waals surface area contributed by atoms with E-state index in [1.54, 1.807) is 54.4 Å². The van der Waals surface area contributed by atoms with Crippen LogP contribution in [-0.4, -0.2) is 57.3 Å². The molecule has 0 aliphatic carbocycles. The number of hydrogen-bond donors (Lipinski definition) is 1. The molecule has 1 atom stereocenters. The van der Waals surface area contributed by atoms with Gasteiger partial charge in [0.05, 0.1) is 48.0 Å². The Balaban J connectivity index is 1.27. The maximum absolute atomic E-state index is 13.9. The number of thioether (sulfide) groups is 1. The lowest BCUT2D eigenvalue weighted by molar-refractivity contribution is -0.130. The first-order chi connectivity index (χ1) is 22.0. The number of para-hydroxylation sites is 1. The lowest BCUT2D eigenvalue weighted by Gasteiger charge is -2.24. The van der Waals surface area contributed by atoms with Crippen LogP contribution < -0.4 is 14.8 Å². The summed E-state index contributed by atoms with van der Waals surface area (Å²) in [5, 5.41) is 22.0. The Hall–Kier alpha value is -4.53. The van der Waals surface area contributed by atoms with Gasteiger partial charge < -0.3 is 14.8 Å². The summed E-state index contributed by atoms with van der Waals surface area (Å²) < 4.78 is 26.7. The summed E-state index contributed by atoms with van der Waals surface area (Å²) in [4.78, 5) is 28.0. The Morgan fingerprint density at radius 3 is 2.51 bits per heavy atom. The van der Waals surface area contributed by atoms with Crippen LogP contribution in [0.15, 0.2) is 87.7 Å². The Kier molecular flexibility index (Phi) is 9.23. The largest absolute Gasteiger partial charge is 0.493 e. The van der Waals surface area contributed by atoms with Gasteiger partial charge in [-0.05, 0) is 53.2 Å². The molecular weight excluding hydrogens is 636 g/mol. The van der Waals surface area contributed by atoms with Gasteiger partial charge >= 0.3 is 0 Å². The number of rotatable bonds is 11. The lowest BCUT2D eigenvalue weighted by Crippen LogP contribution is -2.29. The van der Waals surface area contributed by atoms with E-state index in [2.05, 4.69) is 15.5 Å². The predicted molar refractivity (Wildman–Crippen MR) is 172 cm³/mol. The fourth-order valence-electron chi connectivity index (χ4n) is 4.95. The van der Waals surface area contributed by atoms with Gasteiger partial charge in [0, 0.05) is 17.7 Å². The quantitative estimate of drug-likeness (QED) is 0.174. The van der Waals surface area contributed by atoms with E-state index in [-0.39, 0.29) is 24.1 Å². The number of amides is 2. The third-order valence-corrected chi connectivity index (χ3v) is 9.73. The van der Waals surface area contributed by atoms with Gasteiger partial charge in [-0.1, -0.05) is 36.0 Å². The highest BCUT2D eigenvalue weighted by Gasteiger charge is 2.36. The molecule has 0 saturated heterocycles. The molecule has 1 aliphatic heterocycles. The Morgan fingerprint density at radius 1 is 1.00 bits per heavy atom. The number of aromatic nitrogens is 3. The monoisotopic (exact) mass is 662 g/mol. The van der Waals surface area contributed by atoms with Crippen molar-refractivity contribution < 1.29 is 23.5 Å². The molecule has 0 fully saturated rings. The minimum atomic E-state index is -0.418.